The molecule has 1 aromatic rings. The van der Waals surface area contributed by atoms with Gasteiger partial charge >= 0.3 is 12.2 Å². The minimum absolute atomic E-state index is 0.0850. The van der Waals surface area contributed by atoms with Crippen molar-refractivity contribution in [2.24, 2.45) is 11.3 Å². The summed E-state index contributed by atoms with van der Waals surface area (Å²) >= 11 is 0. The van der Waals surface area contributed by atoms with Gasteiger partial charge in [-0.1, -0.05) is 34.1 Å². The van der Waals surface area contributed by atoms with Crippen molar-refractivity contribution in [3.63, 3.8) is 0 Å². The van der Waals surface area contributed by atoms with Gasteiger partial charge in [-0.3, -0.25) is 24.0 Å². The van der Waals surface area contributed by atoms with Gasteiger partial charge in [0.1, 0.15) is 29.8 Å². The molecule has 0 radical (unpaired) electrons. The maximum atomic E-state index is 14.5. The van der Waals surface area contributed by atoms with Crippen molar-refractivity contribution in [3.05, 3.63) is 23.3 Å². The number of hydrogen-bond acceptors (Lipinski definition) is 11. The molecule has 3 aliphatic heterocycles. The summed E-state index contributed by atoms with van der Waals surface area (Å²) in [7, 11) is -3.89. The fourth-order valence-corrected chi connectivity index (χ4v) is 9.29. The summed E-state index contributed by atoms with van der Waals surface area (Å²) < 4.78 is 50.1. The Bertz CT molecular complexity index is 1750. The van der Waals surface area contributed by atoms with Crippen LogP contribution in [-0.2, 0) is 47.0 Å². The molecule has 1 aromatic carbocycles. The van der Waals surface area contributed by atoms with Gasteiger partial charge in [-0.2, -0.15) is 0 Å². The van der Waals surface area contributed by atoms with E-state index < -0.39 is 74.3 Å². The first kappa shape index (κ1) is 37.1. The van der Waals surface area contributed by atoms with E-state index >= 15 is 0 Å². The summed E-state index contributed by atoms with van der Waals surface area (Å²) in [4.78, 5) is 71.6. The van der Waals surface area contributed by atoms with Crippen LogP contribution in [0.2, 0.25) is 0 Å². The van der Waals surface area contributed by atoms with Crippen molar-refractivity contribution in [1.29, 1.82) is 0 Å². The number of alkyl carbamates (subject to hydrolysis) is 1. The molecular weight excluding hydrogens is 710 g/mol. The third-order valence-electron chi connectivity index (χ3n) is 11.3. The van der Waals surface area contributed by atoms with Crippen LogP contribution in [0, 0.1) is 11.3 Å². The van der Waals surface area contributed by atoms with Gasteiger partial charge < -0.3 is 34.5 Å². The second-order valence-corrected chi connectivity index (χ2v) is 18.2. The molecule has 5 atom stereocenters. The highest BCUT2D eigenvalue weighted by molar-refractivity contribution is 7.91. The number of benzene rings is 1. The zero-order valence-corrected chi connectivity index (χ0v) is 31.4. The fraction of sp³-hybridized carbons (Fsp3) is 0.694. The Balaban J connectivity index is 1.09. The molecule has 0 spiro atoms. The van der Waals surface area contributed by atoms with E-state index in [4.69, 9.17) is 18.9 Å². The molecule has 0 unspecified atom stereocenters. The van der Waals surface area contributed by atoms with Crippen LogP contribution in [0.4, 0.5) is 9.59 Å². The van der Waals surface area contributed by atoms with E-state index in [9.17, 15) is 32.4 Å². The Morgan fingerprint density at radius 1 is 0.962 bits per heavy atom. The SMILES string of the molecule is CC[C@H]1C[C@@]1(NC(=O)[C@@H]1C[C@@H](OC(=O)N2Cc3cc4c(cc3C2)OCO4)CN1C(=O)[C@@H](NC(=O)OC1CCCC1)C(C)(C)C)C(=O)NS(=O)(=O)C1CC1. The lowest BCUT2D eigenvalue weighted by molar-refractivity contribution is -0.143. The molecule has 7 rings (SSSR count). The predicted octanol–water partition coefficient (Wildman–Crippen LogP) is 2.81. The van der Waals surface area contributed by atoms with Gasteiger partial charge in [-0.15, -0.1) is 0 Å². The molecule has 16 nitrogen and oxygen atoms in total. The van der Waals surface area contributed by atoms with Gasteiger partial charge in [-0.05, 0) is 79.5 Å². The van der Waals surface area contributed by atoms with Crippen LogP contribution in [0.3, 0.4) is 0 Å². The van der Waals surface area contributed by atoms with Crippen molar-refractivity contribution < 1.29 is 51.3 Å². The molecule has 6 aliphatic rings. The van der Waals surface area contributed by atoms with Crippen LogP contribution >= 0.6 is 0 Å². The second kappa shape index (κ2) is 13.9. The quantitative estimate of drug-likeness (QED) is 0.317. The van der Waals surface area contributed by atoms with Crippen LogP contribution in [-0.4, -0.2) is 96.5 Å². The zero-order chi connectivity index (χ0) is 37.9. The second-order valence-electron chi connectivity index (χ2n) is 16.3. The van der Waals surface area contributed by atoms with Gasteiger partial charge in [0.05, 0.1) is 11.8 Å². The summed E-state index contributed by atoms with van der Waals surface area (Å²) in [5, 5.41) is 4.91. The van der Waals surface area contributed by atoms with Crippen LogP contribution in [0.1, 0.15) is 96.6 Å². The number of rotatable bonds is 10. The summed E-state index contributed by atoms with van der Waals surface area (Å²) in [6, 6.07) is 1.35. The average molecular weight is 760 g/mol. The Hall–Kier alpha value is -4.28. The molecule has 3 N–H and O–H groups in total. The Labute approximate surface area is 309 Å². The average Bonchev–Trinajstić information content (AvgIpc) is 3.76. The largest absolute Gasteiger partial charge is 0.454 e. The molecule has 4 fully saturated rings. The van der Waals surface area contributed by atoms with Crippen molar-refractivity contribution in [1.82, 2.24) is 25.2 Å². The normalized spacial score (nSPS) is 26.8. The number of amides is 5. The lowest BCUT2D eigenvalue weighted by Gasteiger charge is -2.35. The first-order chi connectivity index (χ1) is 25.1. The molecule has 53 heavy (non-hydrogen) atoms. The van der Waals surface area contributed by atoms with Gasteiger partial charge in [0.25, 0.3) is 5.91 Å². The Morgan fingerprint density at radius 2 is 1.60 bits per heavy atom. The molecule has 0 aromatic heterocycles. The number of carbonyl (C=O) groups excluding carboxylic acids is 5. The van der Waals surface area contributed by atoms with E-state index in [1.54, 1.807) is 20.8 Å². The number of hydrogen-bond donors (Lipinski definition) is 3. The van der Waals surface area contributed by atoms with Crippen LogP contribution < -0.4 is 24.8 Å². The Morgan fingerprint density at radius 3 is 2.17 bits per heavy atom. The van der Waals surface area contributed by atoms with Gasteiger partial charge in [0, 0.05) is 19.5 Å². The molecule has 3 heterocycles. The summed E-state index contributed by atoms with van der Waals surface area (Å²) in [5.41, 5.74) is -0.521. The standard InChI is InChI=1S/C36H49N5O11S/c1-5-22-15-36(22,32(44)39-53(47,48)25-10-11-25)38-30(42)26-14-24(52-34(46)40-16-20-12-27-28(50-19-49-27)13-21(20)17-40)18-41(26)31(43)29(35(2,3)4)37-33(45)51-23-8-6-7-9-23/h12-13,22-26,29H,5-11,14-19H2,1-4H3,(H,37,45)(H,38,42)(H,39,44)/t22-,24+,26-,29+,36-/m0/s1. The highest BCUT2D eigenvalue weighted by Crippen LogP contribution is 2.47. The van der Waals surface area contributed by atoms with Crippen LogP contribution in [0.15, 0.2) is 12.1 Å². The van der Waals surface area contributed by atoms with E-state index in [-0.39, 0.29) is 51.3 Å². The smallest absolute Gasteiger partial charge is 0.410 e. The van der Waals surface area contributed by atoms with Crippen molar-refractivity contribution in [3.8, 4) is 11.5 Å². The van der Waals surface area contributed by atoms with Crippen LogP contribution in [0.5, 0.6) is 11.5 Å². The van der Waals surface area contributed by atoms with E-state index in [2.05, 4.69) is 15.4 Å². The lowest BCUT2D eigenvalue weighted by Crippen LogP contribution is -2.60. The van der Waals surface area contributed by atoms with Gasteiger partial charge in [-0.25, -0.2) is 18.0 Å². The topological polar surface area (TPSA) is 199 Å². The molecule has 3 aliphatic carbocycles. The summed E-state index contributed by atoms with van der Waals surface area (Å²) in [6.07, 6.45) is 2.43. The first-order valence-electron chi connectivity index (χ1n) is 18.6. The third-order valence-corrected chi connectivity index (χ3v) is 13.1. The molecule has 0 bridgehead atoms. The number of carbonyl (C=O) groups is 5. The molecule has 3 saturated carbocycles. The summed E-state index contributed by atoms with van der Waals surface area (Å²) in [5.74, 6) is -1.18. The lowest BCUT2D eigenvalue weighted by atomic mass is 9.85. The minimum atomic E-state index is -3.89. The predicted molar refractivity (Wildman–Crippen MR) is 187 cm³/mol. The van der Waals surface area contributed by atoms with E-state index in [1.165, 1.54) is 9.80 Å². The van der Waals surface area contributed by atoms with Crippen molar-refractivity contribution in [2.45, 2.75) is 134 Å². The molecule has 290 valence electrons. The highest BCUT2D eigenvalue weighted by Gasteiger charge is 2.62. The zero-order valence-electron chi connectivity index (χ0n) is 30.6. The van der Waals surface area contributed by atoms with Crippen molar-refractivity contribution >= 4 is 39.9 Å². The van der Waals surface area contributed by atoms with Gasteiger partial charge in [0.15, 0.2) is 11.5 Å². The van der Waals surface area contributed by atoms with E-state index in [0.29, 0.717) is 30.8 Å². The number of fused-ring (bicyclic) bond motifs is 2. The monoisotopic (exact) mass is 759 g/mol. The number of likely N-dealkylation sites (tertiary alicyclic amines) is 1. The minimum Gasteiger partial charge on any atom is -0.454 e. The maximum Gasteiger partial charge on any atom is 0.410 e. The Kier molecular flexibility index (Phi) is 9.68. The number of nitrogens with zero attached hydrogens (tertiary/aromatic N) is 2. The highest BCUT2D eigenvalue weighted by atomic mass is 32.2. The van der Waals surface area contributed by atoms with Crippen molar-refractivity contribution in [2.75, 3.05) is 13.3 Å². The summed E-state index contributed by atoms with van der Waals surface area (Å²) in [6.45, 7) is 7.69. The maximum absolute atomic E-state index is 14.5. The third kappa shape index (κ3) is 7.58. The molecular formula is C36H49N5O11S. The van der Waals surface area contributed by atoms with E-state index in [0.717, 1.165) is 36.8 Å². The number of nitrogens with one attached hydrogen (secondary N) is 3. The molecule has 1 saturated heterocycles. The van der Waals surface area contributed by atoms with E-state index in [1.807, 2.05) is 19.1 Å². The number of ether oxygens (including phenoxy) is 4. The fourth-order valence-electron chi connectivity index (χ4n) is 7.93. The molecule has 17 heteroatoms. The van der Waals surface area contributed by atoms with Gasteiger partial charge in [0.2, 0.25) is 28.6 Å². The molecule has 5 amide bonds. The first-order valence-corrected chi connectivity index (χ1v) is 20.1. The van der Waals surface area contributed by atoms with Crippen LogP contribution in [0.25, 0.3) is 0 Å². The number of sulfonamides is 1.